The molecule has 11 heteroatoms. The van der Waals surface area contributed by atoms with Crippen LogP contribution in [-0.2, 0) is 9.53 Å². The number of rotatable bonds is 7. The fraction of sp³-hybridized carbons (Fsp3) is 0.458. The molecular formula is C24H25FN4O5S. The van der Waals surface area contributed by atoms with Crippen LogP contribution in [0.15, 0.2) is 23.3 Å². The van der Waals surface area contributed by atoms with E-state index in [9.17, 15) is 23.9 Å². The number of pyridine rings is 2. The Bertz CT molecular complexity index is 1360. The second kappa shape index (κ2) is 9.46. The quantitative estimate of drug-likeness (QED) is 0.525. The zero-order valence-corrected chi connectivity index (χ0v) is 20.0. The minimum absolute atomic E-state index is 0.0824. The molecule has 0 radical (unpaired) electrons. The molecule has 1 N–H and O–H groups in total. The number of Topliss-reactive ketones (excluding diaryl/α,β-unsaturated/α-hetero) is 1. The molecule has 0 amide bonds. The lowest BCUT2D eigenvalue weighted by atomic mass is 9.90. The molecule has 1 atom stereocenters. The molecule has 5 rings (SSSR count). The molecule has 2 aliphatic rings. The Kier molecular flexibility index (Phi) is 6.37. The number of ketones is 1. The molecule has 2 saturated heterocycles. The maximum absolute atomic E-state index is 13.7. The fourth-order valence-corrected chi connectivity index (χ4v) is 5.33. The van der Waals surface area contributed by atoms with Gasteiger partial charge in [-0.15, -0.1) is 0 Å². The highest BCUT2D eigenvalue weighted by molar-refractivity contribution is 7.12. The van der Waals surface area contributed by atoms with Gasteiger partial charge in [0.25, 0.3) is 0 Å². The first-order chi connectivity index (χ1) is 16.8. The highest BCUT2D eigenvalue weighted by Gasteiger charge is 2.34. The van der Waals surface area contributed by atoms with Crippen molar-refractivity contribution < 1.29 is 23.8 Å². The van der Waals surface area contributed by atoms with Gasteiger partial charge >= 0.3 is 5.97 Å². The molecule has 2 aliphatic heterocycles. The smallest absolute Gasteiger partial charge is 0.341 e. The molecule has 184 valence electrons. The van der Waals surface area contributed by atoms with Gasteiger partial charge in [0.05, 0.1) is 23.6 Å². The minimum atomic E-state index is -1.38. The predicted molar refractivity (Wildman–Crippen MR) is 128 cm³/mol. The molecule has 0 aliphatic carbocycles. The summed E-state index contributed by atoms with van der Waals surface area (Å²) in [5.74, 6) is -0.674. The second-order valence-corrected chi connectivity index (χ2v) is 10.0. The topological polar surface area (TPSA) is 115 Å². The van der Waals surface area contributed by atoms with E-state index in [-0.39, 0.29) is 34.0 Å². The number of aromatic carboxylic acids is 1. The monoisotopic (exact) mass is 500 g/mol. The number of hydrogen-bond donors (Lipinski definition) is 1. The minimum Gasteiger partial charge on any atom is -0.477 e. The Morgan fingerprint density at radius 3 is 2.77 bits per heavy atom. The summed E-state index contributed by atoms with van der Waals surface area (Å²) in [4.78, 5) is 47.8. The molecule has 35 heavy (non-hydrogen) atoms. The summed E-state index contributed by atoms with van der Waals surface area (Å²) in [7, 11) is 0. The molecule has 9 nitrogen and oxygen atoms in total. The first-order valence-corrected chi connectivity index (χ1v) is 12.4. The van der Waals surface area contributed by atoms with Crippen molar-refractivity contribution in [3.63, 3.8) is 0 Å². The van der Waals surface area contributed by atoms with Crippen molar-refractivity contribution in [2.45, 2.75) is 45.1 Å². The highest BCUT2D eigenvalue weighted by Crippen LogP contribution is 2.30. The molecule has 0 saturated carbocycles. The van der Waals surface area contributed by atoms with Crippen LogP contribution in [0.4, 0.5) is 10.2 Å². The van der Waals surface area contributed by atoms with Gasteiger partial charge in [0.1, 0.15) is 17.2 Å². The molecule has 5 heterocycles. The second-order valence-electron chi connectivity index (χ2n) is 9.09. The summed E-state index contributed by atoms with van der Waals surface area (Å²) in [6, 6.07) is 1.72. The molecule has 3 aromatic rings. The van der Waals surface area contributed by atoms with Crippen molar-refractivity contribution in [1.82, 2.24) is 14.5 Å². The molecule has 0 unspecified atom stereocenters. The number of aryl methyl sites for hydroxylation is 1. The Hall–Kier alpha value is -3.18. The van der Waals surface area contributed by atoms with Gasteiger partial charge in [0.2, 0.25) is 5.43 Å². The standard InChI is InChI=1S/C24H25FN4O5S/c1-13-8-19(28-10-14(11-28)17(30)6-5-15-4-2-3-7-34-15)27-22-20(13)21(31)16(23(32)33)12-29(22)24-26-9-18(25)35-24/h8-9,12,14-15H,2-7,10-11H2,1H3,(H,32,33)/t15-/m0/s1. The van der Waals surface area contributed by atoms with Gasteiger partial charge < -0.3 is 14.7 Å². The van der Waals surface area contributed by atoms with E-state index in [4.69, 9.17) is 4.74 Å². The maximum Gasteiger partial charge on any atom is 0.341 e. The largest absolute Gasteiger partial charge is 0.477 e. The van der Waals surface area contributed by atoms with Crippen molar-refractivity contribution in [2.75, 3.05) is 24.6 Å². The normalized spacial score (nSPS) is 18.6. The number of carbonyl (C=O) groups excluding carboxylic acids is 1. The number of carboxylic acid groups (broad SMARTS) is 1. The van der Waals surface area contributed by atoms with Crippen LogP contribution in [0.3, 0.4) is 0 Å². The van der Waals surface area contributed by atoms with E-state index < -0.39 is 22.1 Å². The van der Waals surface area contributed by atoms with Gasteiger partial charge in [-0.3, -0.25) is 14.2 Å². The fourth-order valence-electron chi connectivity index (χ4n) is 4.71. The summed E-state index contributed by atoms with van der Waals surface area (Å²) in [6.07, 6.45) is 6.85. The molecule has 0 bridgehead atoms. The summed E-state index contributed by atoms with van der Waals surface area (Å²) >= 11 is 0.725. The Balaban J connectivity index is 1.40. The number of halogens is 1. The number of anilines is 1. The molecular weight excluding hydrogens is 475 g/mol. The first-order valence-electron chi connectivity index (χ1n) is 11.6. The number of ether oxygens (including phenoxy) is 1. The number of hydrogen-bond acceptors (Lipinski definition) is 8. The van der Waals surface area contributed by atoms with E-state index in [1.165, 1.54) is 4.57 Å². The molecule has 3 aromatic heterocycles. The van der Waals surface area contributed by atoms with Crippen molar-refractivity contribution in [3.8, 4) is 5.13 Å². The maximum atomic E-state index is 13.7. The lowest BCUT2D eigenvalue weighted by Crippen LogP contribution is -2.51. The van der Waals surface area contributed by atoms with Crippen LogP contribution in [0.2, 0.25) is 0 Å². The van der Waals surface area contributed by atoms with E-state index >= 15 is 0 Å². The Labute approximate surface area is 204 Å². The number of carbonyl (C=O) groups is 2. The van der Waals surface area contributed by atoms with Crippen LogP contribution in [0.25, 0.3) is 16.2 Å². The lowest BCUT2D eigenvalue weighted by Gasteiger charge is -2.39. The van der Waals surface area contributed by atoms with Crippen molar-refractivity contribution in [1.29, 1.82) is 0 Å². The average molecular weight is 501 g/mol. The van der Waals surface area contributed by atoms with Crippen molar-refractivity contribution >= 4 is 39.9 Å². The third kappa shape index (κ3) is 4.57. The highest BCUT2D eigenvalue weighted by atomic mass is 32.1. The van der Waals surface area contributed by atoms with Crippen molar-refractivity contribution in [2.24, 2.45) is 5.92 Å². The summed E-state index contributed by atoms with van der Waals surface area (Å²) in [5.41, 5.74) is -0.345. The number of aromatic nitrogens is 3. The zero-order valence-electron chi connectivity index (χ0n) is 19.2. The van der Waals surface area contributed by atoms with Gasteiger partial charge in [0.15, 0.2) is 15.9 Å². The van der Waals surface area contributed by atoms with Crippen LogP contribution in [0.5, 0.6) is 0 Å². The average Bonchev–Trinajstić information content (AvgIpc) is 3.23. The summed E-state index contributed by atoms with van der Waals surface area (Å²) in [5, 5.41) is 9.29. The third-order valence-electron chi connectivity index (χ3n) is 6.69. The van der Waals surface area contributed by atoms with E-state index in [2.05, 4.69) is 9.97 Å². The van der Waals surface area contributed by atoms with Crippen LogP contribution in [0, 0.1) is 18.0 Å². The number of thiazole rings is 1. The van der Waals surface area contributed by atoms with Gasteiger partial charge in [-0.2, -0.15) is 4.39 Å². The molecule has 2 fully saturated rings. The van der Waals surface area contributed by atoms with Crippen molar-refractivity contribution in [3.05, 3.63) is 44.9 Å². The predicted octanol–water partition coefficient (Wildman–Crippen LogP) is 3.34. The number of fused-ring (bicyclic) bond motifs is 1. The van der Waals surface area contributed by atoms with Crippen LogP contribution >= 0.6 is 11.3 Å². The van der Waals surface area contributed by atoms with Crippen LogP contribution < -0.4 is 10.3 Å². The van der Waals surface area contributed by atoms with Gasteiger partial charge in [-0.25, -0.2) is 14.8 Å². The van der Waals surface area contributed by atoms with E-state index in [1.54, 1.807) is 13.0 Å². The Morgan fingerprint density at radius 2 is 2.11 bits per heavy atom. The SMILES string of the molecule is Cc1cc(N2CC(C(=O)CC[C@@H]3CCCCO3)C2)nc2c1c(=O)c(C(=O)O)cn2-c1ncc(F)s1. The van der Waals surface area contributed by atoms with E-state index in [1.807, 2.05) is 4.90 Å². The Morgan fingerprint density at radius 1 is 1.31 bits per heavy atom. The number of carboxylic acids is 1. The van der Waals surface area contributed by atoms with Gasteiger partial charge in [-0.05, 0) is 44.2 Å². The van der Waals surface area contributed by atoms with Crippen LogP contribution in [0.1, 0.15) is 48.0 Å². The van der Waals surface area contributed by atoms with Gasteiger partial charge in [0, 0.05) is 32.3 Å². The zero-order chi connectivity index (χ0) is 24.7. The third-order valence-corrected chi connectivity index (χ3v) is 7.48. The van der Waals surface area contributed by atoms with E-state index in [0.717, 1.165) is 56.0 Å². The summed E-state index contributed by atoms with van der Waals surface area (Å²) in [6.45, 7) is 3.52. The molecule has 0 aromatic carbocycles. The molecule has 0 spiro atoms. The van der Waals surface area contributed by atoms with E-state index in [0.29, 0.717) is 30.9 Å². The van der Waals surface area contributed by atoms with Crippen LogP contribution in [-0.4, -0.2) is 57.2 Å². The summed E-state index contributed by atoms with van der Waals surface area (Å²) < 4.78 is 20.8. The first kappa shape index (κ1) is 23.6. The lowest BCUT2D eigenvalue weighted by molar-refractivity contribution is -0.124. The number of nitrogens with zero attached hydrogens (tertiary/aromatic N) is 4. The van der Waals surface area contributed by atoms with Gasteiger partial charge in [-0.1, -0.05) is 11.3 Å².